The number of hydrogen-bond acceptors (Lipinski definition) is 6. The van der Waals surface area contributed by atoms with Gasteiger partial charge in [0.05, 0.1) is 17.3 Å². The molecule has 0 atom stereocenters. The van der Waals surface area contributed by atoms with E-state index in [0.717, 1.165) is 24.8 Å². The molecule has 1 N–H and O–H groups in total. The van der Waals surface area contributed by atoms with E-state index >= 15 is 0 Å². The summed E-state index contributed by atoms with van der Waals surface area (Å²) in [5.41, 5.74) is 2.29. The number of nitrogens with one attached hydrogen (secondary N) is 1. The van der Waals surface area contributed by atoms with E-state index in [0.29, 0.717) is 30.0 Å². The van der Waals surface area contributed by atoms with Crippen LogP contribution in [-0.4, -0.2) is 68.3 Å². The standard InChI is InChI=1S/C28H26F3N7O/c1-19-11-26-33-16-24(38(26)18-34-19)6-3-20-12-22(15-32-14-20)27(39)35-23-5-4-21(25(13-23)28(29,30)31)17-37-9-7-36(2)8-10-37/h4-5,11-16,18H,7-10,17H2,1-2H3,(H,35,39). The van der Waals surface area contributed by atoms with Crippen LogP contribution in [0.5, 0.6) is 0 Å². The Bertz CT molecular complexity index is 1580. The largest absolute Gasteiger partial charge is 0.416 e. The van der Waals surface area contributed by atoms with Crippen molar-refractivity contribution < 1.29 is 18.0 Å². The fourth-order valence-corrected chi connectivity index (χ4v) is 4.34. The summed E-state index contributed by atoms with van der Waals surface area (Å²) in [6.07, 6.45) is 1.55. The van der Waals surface area contributed by atoms with E-state index in [4.69, 9.17) is 0 Å². The van der Waals surface area contributed by atoms with E-state index < -0.39 is 17.6 Å². The summed E-state index contributed by atoms with van der Waals surface area (Å²) >= 11 is 0. The van der Waals surface area contributed by atoms with Crippen LogP contribution in [0.2, 0.25) is 0 Å². The lowest BCUT2D eigenvalue weighted by molar-refractivity contribution is -0.138. The van der Waals surface area contributed by atoms with E-state index in [9.17, 15) is 18.0 Å². The molecule has 1 aromatic carbocycles. The van der Waals surface area contributed by atoms with E-state index in [-0.39, 0.29) is 23.4 Å². The Morgan fingerprint density at radius 2 is 1.82 bits per heavy atom. The van der Waals surface area contributed by atoms with Gasteiger partial charge in [-0.25, -0.2) is 9.97 Å². The summed E-state index contributed by atoms with van der Waals surface area (Å²) < 4.78 is 43.5. The molecule has 3 aromatic heterocycles. The number of anilines is 1. The average molecular weight is 534 g/mol. The van der Waals surface area contributed by atoms with Gasteiger partial charge in [0.15, 0.2) is 0 Å². The van der Waals surface area contributed by atoms with Gasteiger partial charge in [0.1, 0.15) is 17.7 Å². The molecule has 0 spiro atoms. The topological polar surface area (TPSA) is 78.7 Å². The molecule has 1 aliphatic rings. The number of fused-ring (bicyclic) bond motifs is 1. The van der Waals surface area contributed by atoms with Crippen LogP contribution in [0.1, 0.15) is 38.4 Å². The molecular weight excluding hydrogens is 507 g/mol. The van der Waals surface area contributed by atoms with Crippen LogP contribution in [0, 0.1) is 18.8 Å². The molecule has 1 amide bonds. The van der Waals surface area contributed by atoms with Crippen molar-refractivity contribution in [2.75, 3.05) is 38.5 Å². The highest BCUT2D eigenvalue weighted by molar-refractivity contribution is 6.04. The summed E-state index contributed by atoms with van der Waals surface area (Å²) in [4.78, 5) is 29.7. The minimum atomic E-state index is -4.55. The second kappa shape index (κ2) is 10.8. The monoisotopic (exact) mass is 533 g/mol. The maximum Gasteiger partial charge on any atom is 0.416 e. The van der Waals surface area contributed by atoms with Gasteiger partial charge in [0.2, 0.25) is 0 Å². The van der Waals surface area contributed by atoms with Crippen molar-refractivity contribution in [1.82, 2.24) is 29.2 Å². The first-order valence-electron chi connectivity index (χ1n) is 12.3. The molecular formula is C28H26F3N7O. The number of carbonyl (C=O) groups is 1. The van der Waals surface area contributed by atoms with Crippen LogP contribution in [0.15, 0.2) is 55.2 Å². The Morgan fingerprint density at radius 3 is 2.59 bits per heavy atom. The molecule has 4 aromatic rings. The smallest absolute Gasteiger partial charge is 0.322 e. The first kappa shape index (κ1) is 26.3. The molecule has 0 unspecified atom stereocenters. The molecule has 1 fully saturated rings. The molecule has 1 aliphatic heterocycles. The highest BCUT2D eigenvalue weighted by Gasteiger charge is 2.34. The van der Waals surface area contributed by atoms with Gasteiger partial charge in [0.25, 0.3) is 5.91 Å². The number of carbonyl (C=O) groups excluding carboxylic acids is 1. The van der Waals surface area contributed by atoms with Gasteiger partial charge in [0, 0.05) is 68.1 Å². The predicted octanol–water partition coefficient (Wildman–Crippen LogP) is 3.85. The van der Waals surface area contributed by atoms with Gasteiger partial charge in [-0.1, -0.05) is 12.0 Å². The Kier molecular flexibility index (Phi) is 7.32. The Balaban J connectivity index is 1.32. The molecule has 39 heavy (non-hydrogen) atoms. The first-order chi connectivity index (χ1) is 18.7. The van der Waals surface area contributed by atoms with Crippen LogP contribution in [-0.2, 0) is 12.7 Å². The summed E-state index contributed by atoms with van der Waals surface area (Å²) in [5.74, 6) is 5.36. The number of likely N-dealkylation sites (N-methyl/N-ethyl adjacent to an activating group) is 1. The second-order valence-electron chi connectivity index (χ2n) is 9.52. The lowest BCUT2D eigenvalue weighted by atomic mass is 10.0. The van der Waals surface area contributed by atoms with Crippen LogP contribution >= 0.6 is 0 Å². The lowest BCUT2D eigenvalue weighted by Crippen LogP contribution is -2.44. The number of amides is 1. The minimum absolute atomic E-state index is 0.0551. The van der Waals surface area contributed by atoms with E-state index in [1.54, 1.807) is 16.9 Å². The van der Waals surface area contributed by atoms with Crippen molar-refractivity contribution in [2.45, 2.75) is 19.6 Å². The molecule has 11 heteroatoms. The van der Waals surface area contributed by atoms with E-state index in [1.807, 2.05) is 24.9 Å². The third kappa shape index (κ3) is 6.25. The first-order valence-corrected chi connectivity index (χ1v) is 12.3. The average Bonchev–Trinajstić information content (AvgIpc) is 3.31. The normalized spacial score (nSPS) is 14.7. The van der Waals surface area contributed by atoms with Crippen LogP contribution in [0.4, 0.5) is 18.9 Å². The summed E-state index contributed by atoms with van der Waals surface area (Å²) in [6, 6.07) is 7.29. The molecule has 0 saturated carbocycles. The van der Waals surface area contributed by atoms with Gasteiger partial charge < -0.3 is 10.2 Å². The van der Waals surface area contributed by atoms with E-state index in [2.05, 4.69) is 37.0 Å². The number of aryl methyl sites for hydroxylation is 1. The van der Waals surface area contributed by atoms with Crippen molar-refractivity contribution >= 4 is 17.2 Å². The highest BCUT2D eigenvalue weighted by Crippen LogP contribution is 2.34. The Labute approximate surface area is 223 Å². The van der Waals surface area contributed by atoms with Crippen LogP contribution in [0.25, 0.3) is 5.65 Å². The number of hydrogen-bond donors (Lipinski definition) is 1. The summed E-state index contributed by atoms with van der Waals surface area (Å²) in [5, 5.41) is 2.56. The Hall–Kier alpha value is -4.27. The summed E-state index contributed by atoms with van der Waals surface area (Å²) in [7, 11) is 1.99. The number of piperazine rings is 1. The van der Waals surface area contributed by atoms with Crippen molar-refractivity contribution in [3.05, 3.63) is 88.9 Å². The van der Waals surface area contributed by atoms with Gasteiger partial charge in [-0.15, -0.1) is 0 Å². The molecule has 4 heterocycles. The molecule has 200 valence electrons. The maximum atomic E-state index is 13.9. The quantitative estimate of drug-likeness (QED) is 0.402. The van der Waals surface area contributed by atoms with Gasteiger partial charge >= 0.3 is 6.18 Å². The van der Waals surface area contributed by atoms with Crippen molar-refractivity contribution in [3.8, 4) is 11.8 Å². The SMILES string of the molecule is Cc1cc2ncc(C#Cc3cncc(C(=O)Nc4ccc(CN5CCN(C)CC5)c(C(F)(F)F)c4)c3)n2cn1. The number of aromatic nitrogens is 4. The maximum absolute atomic E-state index is 13.9. The number of alkyl halides is 3. The van der Waals surface area contributed by atoms with Gasteiger partial charge in [-0.05, 0) is 43.7 Å². The fraction of sp³-hybridized carbons (Fsp3) is 0.286. The Morgan fingerprint density at radius 1 is 1.03 bits per heavy atom. The third-order valence-electron chi connectivity index (χ3n) is 6.54. The summed E-state index contributed by atoms with van der Waals surface area (Å²) in [6.45, 7) is 5.09. The number of halogens is 3. The van der Waals surface area contributed by atoms with Crippen LogP contribution < -0.4 is 5.32 Å². The minimum Gasteiger partial charge on any atom is -0.322 e. The van der Waals surface area contributed by atoms with Crippen molar-refractivity contribution in [1.29, 1.82) is 0 Å². The second-order valence-corrected chi connectivity index (χ2v) is 9.52. The van der Waals surface area contributed by atoms with E-state index in [1.165, 1.54) is 30.6 Å². The molecule has 1 saturated heterocycles. The predicted molar refractivity (Wildman–Crippen MR) is 140 cm³/mol. The highest BCUT2D eigenvalue weighted by atomic mass is 19.4. The number of nitrogens with zero attached hydrogens (tertiary/aromatic N) is 6. The van der Waals surface area contributed by atoms with Crippen molar-refractivity contribution in [2.24, 2.45) is 0 Å². The van der Waals surface area contributed by atoms with Crippen molar-refractivity contribution in [3.63, 3.8) is 0 Å². The fourth-order valence-electron chi connectivity index (χ4n) is 4.34. The number of imidazole rings is 1. The zero-order valence-corrected chi connectivity index (χ0v) is 21.5. The molecule has 0 aliphatic carbocycles. The van der Waals surface area contributed by atoms with Gasteiger partial charge in [-0.3, -0.25) is 19.1 Å². The number of benzene rings is 1. The number of rotatable bonds is 4. The molecule has 0 bridgehead atoms. The zero-order chi connectivity index (χ0) is 27.6. The number of pyridine rings is 1. The molecule has 8 nitrogen and oxygen atoms in total. The lowest BCUT2D eigenvalue weighted by Gasteiger charge is -2.33. The van der Waals surface area contributed by atoms with Gasteiger partial charge in [-0.2, -0.15) is 13.2 Å². The van der Waals surface area contributed by atoms with Crippen LogP contribution in [0.3, 0.4) is 0 Å². The third-order valence-corrected chi connectivity index (χ3v) is 6.54. The molecule has 0 radical (unpaired) electrons. The zero-order valence-electron chi connectivity index (χ0n) is 21.5. The molecule has 5 rings (SSSR count).